The van der Waals surface area contributed by atoms with Crippen molar-refractivity contribution in [1.82, 2.24) is 0 Å². The molecule has 0 aliphatic carbocycles. The van der Waals surface area contributed by atoms with Crippen molar-refractivity contribution in [3.8, 4) is 33.4 Å². The number of nitrogens with zero attached hydrogens (tertiary/aromatic N) is 1. The highest BCUT2D eigenvalue weighted by Crippen LogP contribution is 2.52. The fourth-order valence-electron chi connectivity index (χ4n) is 9.68. The summed E-state index contributed by atoms with van der Waals surface area (Å²) in [6, 6.07) is 63.2. The fraction of sp³-hybridized carbons (Fsp3) is 0.143. The van der Waals surface area contributed by atoms with Crippen LogP contribution in [-0.2, 0) is 11.8 Å². The molecule has 60 heavy (non-hydrogen) atoms. The van der Waals surface area contributed by atoms with Crippen molar-refractivity contribution >= 4 is 73.9 Å². The average Bonchev–Trinajstić information content (AvgIpc) is 3.66. The van der Waals surface area contributed by atoms with Gasteiger partial charge in [-0.25, -0.2) is 0 Å². The summed E-state index contributed by atoms with van der Waals surface area (Å²) in [5, 5.41) is 2.32. The Morgan fingerprint density at radius 2 is 1.20 bits per heavy atom. The maximum Gasteiger partial charge on any atom is 0.249 e. The minimum atomic E-state index is -0.0693. The van der Waals surface area contributed by atoms with Gasteiger partial charge in [-0.3, -0.25) is 0 Å². The van der Waals surface area contributed by atoms with Crippen molar-refractivity contribution in [2.24, 2.45) is 0 Å². The molecule has 0 bridgehead atoms. The summed E-state index contributed by atoms with van der Waals surface area (Å²) in [6.07, 6.45) is 3.12. The van der Waals surface area contributed by atoms with Gasteiger partial charge in [0, 0.05) is 37.5 Å². The predicted molar refractivity (Wildman–Crippen MR) is 257 cm³/mol. The number of fused-ring (bicyclic) bond motifs is 7. The number of furan rings is 1. The third-order valence-electron chi connectivity index (χ3n) is 12.7. The minimum Gasteiger partial charge on any atom is -0.456 e. The van der Waals surface area contributed by atoms with E-state index < -0.39 is 0 Å². The van der Waals surface area contributed by atoms with Gasteiger partial charge in [-0.05, 0) is 105 Å². The van der Waals surface area contributed by atoms with Crippen LogP contribution in [0.5, 0.6) is 0 Å². The Balaban J connectivity index is 1.29. The Bertz CT molecular complexity index is 3090. The smallest absolute Gasteiger partial charge is 0.249 e. The zero-order valence-electron chi connectivity index (χ0n) is 34.6. The van der Waals surface area contributed by atoms with Crippen molar-refractivity contribution in [2.75, 3.05) is 4.90 Å². The van der Waals surface area contributed by atoms with Gasteiger partial charge in [0.05, 0.1) is 5.69 Å². The van der Waals surface area contributed by atoms with Gasteiger partial charge in [-0.1, -0.05) is 185 Å². The molecule has 11 rings (SSSR count). The van der Waals surface area contributed by atoms with Crippen molar-refractivity contribution < 1.29 is 4.42 Å². The Kier molecular flexibility index (Phi) is 8.90. The SMILES string of the molecule is CCCCc1cc2oc3ccccc3c2c(-c2ccccc2)c1N1c2ccc(-c3ccccc3)cc2B2c3cc(-c4ccccc4)ccc3Sc3cc(C(C)(C)C)cc1c32. The third-order valence-corrected chi connectivity index (χ3v) is 13.8. The van der Waals surface area contributed by atoms with E-state index in [2.05, 4.69) is 202 Å². The molecule has 290 valence electrons. The normalized spacial score (nSPS) is 13.1. The lowest BCUT2D eigenvalue weighted by Crippen LogP contribution is -2.60. The van der Waals surface area contributed by atoms with Gasteiger partial charge in [-0.15, -0.1) is 0 Å². The second kappa shape index (κ2) is 14.5. The van der Waals surface area contributed by atoms with E-state index in [0.29, 0.717) is 0 Å². The molecule has 2 nitrogen and oxygen atoms in total. The third kappa shape index (κ3) is 6.03. The number of unbranched alkanes of at least 4 members (excludes halogenated alkanes) is 1. The monoisotopic (exact) mass is 791 g/mol. The standard InChI is InChI=1S/C56H46BNOS/c1-5-6-18-41-33-49-53(43-25-16-17-26-48(43)59-49)52(38-23-14-9-15-24-38)55(41)58-46-29-27-39(36-19-10-7-11-20-36)31-44(46)57-45-32-40(37-21-12-8-13-22-37)28-30-50(45)60-51-35-42(56(2,3)4)34-47(58)54(51)57/h7-17,19-35H,5-6,18H2,1-4H3. The van der Waals surface area contributed by atoms with Gasteiger partial charge < -0.3 is 9.32 Å². The first-order valence-electron chi connectivity index (χ1n) is 21.4. The number of aryl methyl sites for hydroxylation is 1. The molecule has 2 aliphatic rings. The molecule has 0 spiro atoms. The topological polar surface area (TPSA) is 16.4 Å². The summed E-state index contributed by atoms with van der Waals surface area (Å²) >= 11 is 1.94. The molecule has 0 atom stereocenters. The van der Waals surface area contributed by atoms with Crippen LogP contribution >= 0.6 is 11.8 Å². The van der Waals surface area contributed by atoms with Gasteiger partial charge in [0.1, 0.15) is 11.2 Å². The summed E-state index contributed by atoms with van der Waals surface area (Å²) in [4.78, 5) is 5.35. The lowest BCUT2D eigenvalue weighted by atomic mass is 9.34. The van der Waals surface area contributed by atoms with Crippen LogP contribution in [0, 0.1) is 0 Å². The van der Waals surface area contributed by atoms with Crippen LogP contribution in [0.2, 0.25) is 0 Å². The van der Waals surface area contributed by atoms with E-state index in [0.717, 1.165) is 35.8 Å². The van der Waals surface area contributed by atoms with Crippen LogP contribution in [0.1, 0.15) is 51.7 Å². The van der Waals surface area contributed by atoms with Crippen LogP contribution in [0.3, 0.4) is 0 Å². The summed E-state index contributed by atoms with van der Waals surface area (Å²) in [7, 11) is 0. The molecule has 3 heterocycles. The zero-order valence-corrected chi connectivity index (χ0v) is 35.4. The Hall–Kier alpha value is -6.23. The molecule has 0 radical (unpaired) electrons. The van der Waals surface area contributed by atoms with Crippen LogP contribution in [0.4, 0.5) is 17.1 Å². The zero-order chi connectivity index (χ0) is 40.5. The van der Waals surface area contributed by atoms with Crippen molar-refractivity contribution in [2.45, 2.75) is 62.2 Å². The summed E-state index contributed by atoms with van der Waals surface area (Å²) in [6.45, 7) is 9.39. The number of benzene rings is 8. The molecule has 0 N–H and O–H groups in total. The minimum absolute atomic E-state index is 0.0385. The van der Waals surface area contributed by atoms with Crippen LogP contribution in [0.25, 0.3) is 55.3 Å². The Morgan fingerprint density at radius 3 is 1.88 bits per heavy atom. The number of hydrogen-bond acceptors (Lipinski definition) is 3. The largest absolute Gasteiger partial charge is 0.456 e. The van der Waals surface area contributed by atoms with Gasteiger partial charge in [0.15, 0.2) is 0 Å². The van der Waals surface area contributed by atoms with Crippen molar-refractivity contribution in [3.05, 3.63) is 181 Å². The van der Waals surface area contributed by atoms with E-state index in [9.17, 15) is 0 Å². The molecule has 0 saturated carbocycles. The van der Waals surface area contributed by atoms with Crippen LogP contribution in [0.15, 0.2) is 184 Å². The maximum atomic E-state index is 6.77. The Morgan fingerprint density at radius 1 is 0.567 bits per heavy atom. The molecular weight excluding hydrogens is 746 g/mol. The highest BCUT2D eigenvalue weighted by atomic mass is 32.2. The average molecular weight is 792 g/mol. The van der Waals surface area contributed by atoms with Gasteiger partial charge >= 0.3 is 0 Å². The van der Waals surface area contributed by atoms with E-state index in [-0.39, 0.29) is 12.1 Å². The molecule has 0 amide bonds. The van der Waals surface area contributed by atoms with Gasteiger partial charge in [0.25, 0.3) is 0 Å². The first kappa shape index (κ1) is 36.8. The van der Waals surface area contributed by atoms with E-state index in [1.54, 1.807) is 0 Å². The van der Waals surface area contributed by atoms with Crippen molar-refractivity contribution in [3.63, 3.8) is 0 Å². The first-order valence-corrected chi connectivity index (χ1v) is 22.2. The van der Waals surface area contributed by atoms with Crippen LogP contribution in [-0.4, -0.2) is 6.71 Å². The second-order valence-corrected chi connectivity index (χ2v) is 18.6. The first-order chi connectivity index (χ1) is 29.4. The van der Waals surface area contributed by atoms with Crippen LogP contribution < -0.4 is 21.3 Å². The molecule has 2 aliphatic heterocycles. The molecule has 8 aromatic carbocycles. The molecular formula is C56H46BNOS. The summed E-state index contributed by atoms with van der Waals surface area (Å²) in [5.74, 6) is 0. The molecule has 0 fully saturated rings. The number of para-hydroxylation sites is 1. The maximum absolute atomic E-state index is 6.77. The lowest BCUT2D eigenvalue weighted by Gasteiger charge is -2.43. The van der Waals surface area contributed by atoms with E-state index >= 15 is 0 Å². The molecule has 1 aromatic heterocycles. The fourth-order valence-corrected chi connectivity index (χ4v) is 10.9. The van der Waals surface area contributed by atoms with Gasteiger partial charge in [0.2, 0.25) is 6.71 Å². The lowest BCUT2D eigenvalue weighted by molar-refractivity contribution is 0.589. The predicted octanol–water partition coefficient (Wildman–Crippen LogP) is 14.0. The highest BCUT2D eigenvalue weighted by Gasteiger charge is 2.43. The summed E-state index contributed by atoms with van der Waals surface area (Å²) in [5.41, 5.74) is 19.7. The number of hydrogen-bond donors (Lipinski definition) is 0. The molecule has 4 heteroatoms. The number of anilines is 3. The molecule has 0 unspecified atom stereocenters. The van der Waals surface area contributed by atoms with Crippen molar-refractivity contribution in [1.29, 1.82) is 0 Å². The highest BCUT2D eigenvalue weighted by molar-refractivity contribution is 8.00. The quantitative estimate of drug-likeness (QED) is 0.150. The second-order valence-electron chi connectivity index (χ2n) is 17.5. The molecule has 0 saturated heterocycles. The summed E-state index contributed by atoms with van der Waals surface area (Å²) < 4.78 is 6.77. The van der Waals surface area contributed by atoms with Gasteiger partial charge in [-0.2, -0.15) is 0 Å². The Labute approximate surface area is 358 Å². The number of rotatable bonds is 7. The van der Waals surface area contributed by atoms with E-state index in [1.807, 2.05) is 11.8 Å². The van der Waals surface area contributed by atoms with E-state index in [1.165, 1.54) is 93.1 Å². The van der Waals surface area contributed by atoms with E-state index in [4.69, 9.17) is 4.42 Å². The molecule has 9 aromatic rings.